The molecule has 0 heterocycles. The number of carbonyl (C=O) groups excluding carboxylic acids is 1. The lowest BCUT2D eigenvalue weighted by Gasteiger charge is -2.19. The molecule has 0 atom stereocenters. The summed E-state index contributed by atoms with van der Waals surface area (Å²) in [5.41, 5.74) is 0.160. The van der Waals surface area contributed by atoms with Gasteiger partial charge in [-0.3, -0.25) is 9.59 Å². The molecule has 0 aliphatic heterocycles. The molecule has 1 aliphatic carbocycles. The van der Waals surface area contributed by atoms with Crippen LogP contribution in [0.3, 0.4) is 0 Å². The van der Waals surface area contributed by atoms with Crippen LogP contribution < -0.4 is 4.72 Å². The number of amides is 1. The van der Waals surface area contributed by atoms with E-state index in [4.69, 9.17) is 5.11 Å². The van der Waals surface area contributed by atoms with Gasteiger partial charge in [0.05, 0.1) is 4.90 Å². The lowest BCUT2D eigenvalue weighted by molar-refractivity contribution is -0.137. The molecule has 2 N–H and O–H groups in total. The van der Waals surface area contributed by atoms with E-state index >= 15 is 0 Å². The highest BCUT2D eigenvalue weighted by Gasteiger charge is 2.24. The molecule has 24 heavy (non-hydrogen) atoms. The van der Waals surface area contributed by atoms with Crippen LogP contribution in [0.25, 0.3) is 0 Å². The smallest absolute Gasteiger partial charge is 0.323 e. The number of carbonyl (C=O) groups is 2. The van der Waals surface area contributed by atoms with Gasteiger partial charge in [-0.1, -0.05) is 18.9 Å². The molecule has 1 aliphatic rings. The highest BCUT2D eigenvalue weighted by molar-refractivity contribution is 7.89. The SMILES string of the molecule is CCN(CC(=O)O)C(=O)c1cccc(S(=O)(=O)NC2CCCC2)c1. The number of hydrogen-bond acceptors (Lipinski definition) is 4. The number of carboxylic acids is 1. The Morgan fingerprint density at radius 3 is 2.54 bits per heavy atom. The molecule has 132 valence electrons. The first-order valence-corrected chi connectivity index (χ1v) is 9.45. The van der Waals surface area contributed by atoms with Gasteiger partial charge in [0.15, 0.2) is 0 Å². The highest BCUT2D eigenvalue weighted by atomic mass is 32.2. The summed E-state index contributed by atoms with van der Waals surface area (Å²) in [5.74, 6) is -1.62. The Balaban J connectivity index is 2.21. The Bertz CT molecular complexity index is 711. The maximum absolute atomic E-state index is 12.5. The second-order valence-electron chi connectivity index (χ2n) is 5.84. The van der Waals surface area contributed by atoms with E-state index in [0.29, 0.717) is 0 Å². The van der Waals surface area contributed by atoms with E-state index in [-0.39, 0.29) is 23.0 Å². The predicted octanol–water partition coefficient (Wildman–Crippen LogP) is 1.45. The van der Waals surface area contributed by atoms with E-state index < -0.39 is 28.4 Å². The molecule has 8 heteroatoms. The molecule has 1 saturated carbocycles. The molecule has 7 nitrogen and oxygen atoms in total. The maximum Gasteiger partial charge on any atom is 0.323 e. The first-order chi connectivity index (χ1) is 11.3. The number of carboxylic acid groups (broad SMARTS) is 1. The molecule has 0 radical (unpaired) electrons. The van der Waals surface area contributed by atoms with Crippen LogP contribution in [0.5, 0.6) is 0 Å². The summed E-state index contributed by atoms with van der Waals surface area (Å²) in [6.45, 7) is 1.47. The molecule has 1 amide bonds. The zero-order chi connectivity index (χ0) is 17.7. The highest BCUT2D eigenvalue weighted by Crippen LogP contribution is 2.21. The fourth-order valence-electron chi connectivity index (χ4n) is 2.80. The second kappa shape index (κ2) is 7.76. The molecule has 0 saturated heterocycles. The third kappa shape index (κ3) is 4.55. The number of aliphatic carboxylic acids is 1. The van der Waals surface area contributed by atoms with Crippen molar-refractivity contribution in [2.24, 2.45) is 0 Å². The quantitative estimate of drug-likeness (QED) is 0.771. The number of nitrogens with zero attached hydrogens (tertiary/aromatic N) is 1. The number of hydrogen-bond donors (Lipinski definition) is 2. The molecule has 0 unspecified atom stereocenters. The Kier molecular flexibility index (Phi) is 5.95. The lowest BCUT2D eigenvalue weighted by atomic mass is 10.2. The molecular weight excluding hydrogens is 332 g/mol. The van der Waals surface area contributed by atoms with Gasteiger partial charge >= 0.3 is 5.97 Å². The zero-order valence-corrected chi connectivity index (χ0v) is 14.4. The van der Waals surface area contributed by atoms with Crippen molar-refractivity contribution in [1.82, 2.24) is 9.62 Å². The molecule has 1 fully saturated rings. The van der Waals surface area contributed by atoms with Crippen molar-refractivity contribution in [3.63, 3.8) is 0 Å². The van der Waals surface area contributed by atoms with Crippen molar-refractivity contribution in [2.75, 3.05) is 13.1 Å². The zero-order valence-electron chi connectivity index (χ0n) is 13.6. The maximum atomic E-state index is 12.5. The van der Waals surface area contributed by atoms with Crippen molar-refractivity contribution in [2.45, 2.75) is 43.5 Å². The van der Waals surface area contributed by atoms with Crippen molar-refractivity contribution >= 4 is 21.9 Å². The molecule has 2 rings (SSSR count). The summed E-state index contributed by atoms with van der Waals surface area (Å²) in [5, 5.41) is 8.85. The molecule has 0 spiro atoms. The van der Waals surface area contributed by atoms with Crippen molar-refractivity contribution < 1.29 is 23.1 Å². The van der Waals surface area contributed by atoms with Crippen LogP contribution in [-0.4, -0.2) is 49.4 Å². The average molecular weight is 354 g/mol. The normalized spacial score (nSPS) is 15.4. The Morgan fingerprint density at radius 1 is 1.29 bits per heavy atom. The van der Waals surface area contributed by atoms with Crippen LogP contribution in [0.4, 0.5) is 0 Å². The van der Waals surface area contributed by atoms with Gasteiger partial charge in [0.1, 0.15) is 6.54 Å². The summed E-state index contributed by atoms with van der Waals surface area (Å²) in [6, 6.07) is 5.64. The number of rotatable bonds is 7. The third-order valence-corrected chi connectivity index (χ3v) is 5.58. The first-order valence-electron chi connectivity index (χ1n) is 7.97. The van der Waals surface area contributed by atoms with Crippen molar-refractivity contribution in [3.8, 4) is 0 Å². The van der Waals surface area contributed by atoms with E-state index in [9.17, 15) is 18.0 Å². The molecule has 1 aromatic carbocycles. The van der Waals surface area contributed by atoms with E-state index in [1.54, 1.807) is 6.92 Å². The summed E-state index contributed by atoms with van der Waals surface area (Å²) < 4.78 is 27.6. The van der Waals surface area contributed by atoms with Gasteiger partial charge < -0.3 is 10.0 Å². The summed E-state index contributed by atoms with van der Waals surface area (Å²) in [7, 11) is -3.69. The van der Waals surface area contributed by atoms with E-state index in [1.165, 1.54) is 24.3 Å². The lowest BCUT2D eigenvalue weighted by Crippen LogP contribution is -2.36. The van der Waals surface area contributed by atoms with Crippen LogP contribution >= 0.6 is 0 Å². The van der Waals surface area contributed by atoms with E-state index in [2.05, 4.69) is 4.72 Å². The number of sulfonamides is 1. The van der Waals surface area contributed by atoms with Gasteiger partial charge in [0.25, 0.3) is 5.91 Å². The summed E-state index contributed by atoms with van der Waals surface area (Å²) in [4.78, 5) is 24.4. The van der Waals surface area contributed by atoms with Gasteiger partial charge in [0.2, 0.25) is 10.0 Å². The van der Waals surface area contributed by atoms with Crippen LogP contribution in [-0.2, 0) is 14.8 Å². The fraction of sp³-hybridized carbons (Fsp3) is 0.500. The first kappa shape index (κ1) is 18.4. The fourth-order valence-corrected chi connectivity index (χ4v) is 4.15. The van der Waals surface area contributed by atoms with Gasteiger partial charge in [-0.2, -0.15) is 0 Å². The summed E-state index contributed by atoms with van der Waals surface area (Å²) >= 11 is 0. The van der Waals surface area contributed by atoms with Crippen LogP contribution in [0.1, 0.15) is 43.0 Å². The average Bonchev–Trinajstić information content (AvgIpc) is 3.04. The summed E-state index contributed by atoms with van der Waals surface area (Å²) in [6.07, 6.45) is 3.65. The minimum absolute atomic E-state index is 0.0200. The third-order valence-electron chi connectivity index (χ3n) is 4.06. The van der Waals surface area contributed by atoms with Gasteiger partial charge in [0, 0.05) is 18.2 Å². The standard InChI is InChI=1S/C16H22N2O5S/c1-2-18(11-15(19)20)16(21)12-6-5-9-14(10-12)24(22,23)17-13-7-3-4-8-13/h5-6,9-10,13,17H,2-4,7-8,11H2,1H3,(H,19,20). The number of likely N-dealkylation sites (N-methyl/N-ethyl adjacent to an activating group) is 1. The minimum atomic E-state index is -3.69. The van der Waals surface area contributed by atoms with Gasteiger partial charge in [-0.15, -0.1) is 0 Å². The van der Waals surface area contributed by atoms with Gasteiger partial charge in [-0.05, 0) is 38.0 Å². The van der Waals surface area contributed by atoms with Crippen LogP contribution in [0.15, 0.2) is 29.2 Å². The molecule has 0 aromatic heterocycles. The van der Waals surface area contributed by atoms with Crippen LogP contribution in [0, 0.1) is 0 Å². The van der Waals surface area contributed by atoms with Crippen LogP contribution in [0.2, 0.25) is 0 Å². The Labute approximate surface area is 141 Å². The van der Waals surface area contributed by atoms with Gasteiger partial charge in [-0.25, -0.2) is 13.1 Å². The Hall–Kier alpha value is -1.93. The minimum Gasteiger partial charge on any atom is -0.480 e. The molecule has 1 aromatic rings. The molecular formula is C16H22N2O5S. The monoisotopic (exact) mass is 354 g/mol. The number of benzene rings is 1. The molecule has 0 bridgehead atoms. The van der Waals surface area contributed by atoms with E-state index in [0.717, 1.165) is 30.6 Å². The Morgan fingerprint density at radius 2 is 1.96 bits per heavy atom. The van der Waals surface area contributed by atoms with E-state index in [1.807, 2.05) is 0 Å². The predicted molar refractivity (Wildman–Crippen MR) is 88.2 cm³/mol. The van der Waals surface area contributed by atoms with Crippen molar-refractivity contribution in [1.29, 1.82) is 0 Å². The number of nitrogens with one attached hydrogen (secondary N) is 1. The topological polar surface area (TPSA) is 104 Å². The largest absolute Gasteiger partial charge is 0.480 e. The van der Waals surface area contributed by atoms with Crippen molar-refractivity contribution in [3.05, 3.63) is 29.8 Å². The second-order valence-corrected chi connectivity index (χ2v) is 7.56.